The van der Waals surface area contributed by atoms with Crippen molar-refractivity contribution >= 4 is 11.3 Å². The van der Waals surface area contributed by atoms with Crippen molar-refractivity contribution in [3.05, 3.63) is 51.2 Å². The Labute approximate surface area is 206 Å². The van der Waals surface area contributed by atoms with Gasteiger partial charge in [-0.1, -0.05) is 42.9 Å². The number of ether oxygens (including phenoxy) is 1. The molecule has 3 heterocycles. The van der Waals surface area contributed by atoms with Crippen molar-refractivity contribution in [1.82, 2.24) is 20.0 Å². The van der Waals surface area contributed by atoms with E-state index in [1.54, 1.807) is 11.3 Å². The van der Waals surface area contributed by atoms with Crippen LogP contribution in [0.1, 0.15) is 47.3 Å². The molecule has 1 aromatic carbocycles. The number of likely N-dealkylation sites (N-methyl/N-ethyl adjacent to an activating group) is 1. The van der Waals surface area contributed by atoms with Crippen LogP contribution in [0, 0.1) is 11.8 Å². The SMILES string of the molecule is CN1CCN(Cc2ccc3c(c2)Cc2c(-c4csc(C#CCOC5CCCC5)c4)n[nH]c2-3)CC1. The van der Waals surface area contributed by atoms with E-state index in [0.717, 1.165) is 55.3 Å². The lowest BCUT2D eigenvalue weighted by Gasteiger charge is -2.32. The van der Waals surface area contributed by atoms with Gasteiger partial charge in [-0.2, -0.15) is 5.10 Å². The van der Waals surface area contributed by atoms with Gasteiger partial charge in [0.25, 0.3) is 0 Å². The van der Waals surface area contributed by atoms with E-state index in [1.807, 2.05) is 0 Å². The zero-order valence-electron chi connectivity index (χ0n) is 19.9. The first-order valence-electron chi connectivity index (χ1n) is 12.5. The maximum atomic E-state index is 5.87. The molecule has 0 unspecified atom stereocenters. The number of H-pyrrole nitrogens is 1. The first kappa shape index (κ1) is 22.1. The van der Waals surface area contributed by atoms with E-state index in [9.17, 15) is 0 Å². The van der Waals surface area contributed by atoms with Gasteiger partial charge in [-0.15, -0.1) is 11.3 Å². The Kier molecular flexibility index (Phi) is 6.28. The molecule has 0 radical (unpaired) electrons. The van der Waals surface area contributed by atoms with E-state index >= 15 is 0 Å². The third-order valence-corrected chi connectivity index (χ3v) is 8.30. The van der Waals surface area contributed by atoms with E-state index in [4.69, 9.17) is 4.74 Å². The summed E-state index contributed by atoms with van der Waals surface area (Å²) in [5.74, 6) is 6.48. The van der Waals surface area contributed by atoms with Crippen molar-refractivity contribution < 1.29 is 4.74 Å². The first-order valence-corrected chi connectivity index (χ1v) is 13.4. The Bertz CT molecular complexity index is 1220. The molecular formula is C28H32N4OS. The average Bonchev–Trinajstić information content (AvgIpc) is 3.63. The van der Waals surface area contributed by atoms with Crippen LogP contribution in [0.25, 0.3) is 22.5 Å². The Morgan fingerprint density at radius 1 is 1.15 bits per heavy atom. The monoisotopic (exact) mass is 472 g/mol. The molecule has 0 bridgehead atoms. The number of hydrogen-bond donors (Lipinski definition) is 1. The van der Waals surface area contributed by atoms with Gasteiger partial charge in [0.15, 0.2) is 0 Å². The van der Waals surface area contributed by atoms with Crippen LogP contribution in [0.5, 0.6) is 0 Å². The number of nitrogens with zero attached hydrogens (tertiary/aromatic N) is 3. The van der Waals surface area contributed by atoms with Gasteiger partial charge in [0.05, 0.1) is 22.4 Å². The van der Waals surface area contributed by atoms with E-state index in [1.165, 1.54) is 53.6 Å². The largest absolute Gasteiger partial charge is 0.366 e. The van der Waals surface area contributed by atoms with Crippen molar-refractivity contribution in [2.24, 2.45) is 0 Å². The van der Waals surface area contributed by atoms with Crippen molar-refractivity contribution in [2.75, 3.05) is 39.8 Å². The number of hydrogen-bond acceptors (Lipinski definition) is 5. The molecule has 2 aliphatic carbocycles. The Hall–Kier alpha value is -2.43. The normalized spacial score (nSPS) is 18.6. The highest BCUT2D eigenvalue weighted by Crippen LogP contribution is 2.41. The number of fused-ring (bicyclic) bond motifs is 3. The molecular weight excluding hydrogens is 440 g/mol. The molecule has 1 saturated carbocycles. The fourth-order valence-electron chi connectivity index (χ4n) is 5.45. The summed E-state index contributed by atoms with van der Waals surface area (Å²) in [6.45, 7) is 6.18. The Morgan fingerprint density at radius 2 is 2.00 bits per heavy atom. The molecule has 2 aromatic heterocycles. The van der Waals surface area contributed by atoms with Gasteiger partial charge in [0, 0.05) is 61.2 Å². The minimum atomic E-state index is 0.420. The average molecular weight is 473 g/mol. The van der Waals surface area contributed by atoms with E-state index in [2.05, 4.69) is 68.5 Å². The van der Waals surface area contributed by atoms with Gasteiger partial charge >= 0.3 is 0 Å². The minimum Gasteiger partial charge on any atom is -0.366 e. The fourth-order valence-corrected chi connectivity index (χ4v) is 6.21. The van der Waals surface area contributed by atoms with Crippen LogP contribution in [0.3, 0.4) is 0 Å². The first-order chi connectivity index (χ1) is 16.7. The lowest BCUT2D eigenvalue weighted by Crippen LogP contribution is -2.43. The highest BCUT2D eigenvalue weighted by Gasteiger charge is 2.26. The molecule has 3 aliphatic rings. The number of thiophene rings is 1. The molecule has 0 spiro atoms. The molecule has 2 fully saturated rings. The van der Waals surface area contributed by atoms with Gasteiger partial charge in [-0.25, -0.2) is 0 Å². The van der Waals surface area contributed by atoms with Crippen molar-refractivity contribution in [3.8, 4) is 34.4 Å². The summed E-state index contributed by atoms with van der Waals surface area (Å²) >= 11 is 1.69. The van der Waals surface area contributed by atoms with Crippen LogP contribution in [0.15, 0.2) is 29.6 Å². The summed E-state index contributed by atoms with van der Waals surface area (Å²) in [5.41, 5.74) is 8.85. The lowest BCUT2D eigenvalue weighted by molar-refractivity contribution is 0.0838. The van der Waals surface area contributed by atoms with E-state index in [0.29, 0.717) is 12.7 Å². The van der Waals surface area contributed by atoms with Crippen LogP contribution in [-0.2, 0) is 17.7 Å². The topological polar surface area (TPSA) is 44.4 Å². The predicted molar refractivity (Wildman–Crippen MR) is 138 cm³/mol. The standard InChI is InChI=1S/C28H32N4OS/c1-31-10-12-32(13-11-31)18-20-8-9-25-21(15-20)17-26-27(29-30-28(25)26)22-16-24(34-19-22)7-4-14-33-23-5-2-3-6-23/h8-9,15-16,19,23H,2-3,5-6,10-14,17-18H2,1H3,(H,29,30). The molecule has 3 aromatic rings. The third-order valence-electron chi connectivity index (χ3n) is 7.45. The zero-order chi connectivity index (χ0) is 22.9. The highest BCUT2D eigenvalue weighted by molar-refractivity contribution is 7.11. The van der Waals surface area contributed by atoms with Crippen molar-refractivity contribution in [3.63, 3.8) is 0 Å². The second-order valence-corrected chi connectivity index (χ2v) is 10.8. The molecule has 1 aliphatic heterocycles. The van der Waals surface area contributed by atoms with Crippen LogP contribution < -0.4 is 0 Å². The maximum Gasteiger partial charge on any atom is 0.108 e. The van der Waals surface area contributed by atoms with Crippen LogP contribution in [0.4, 0.5) is 0 Å². The Morgan fingerprint density at radius 3 is 2.85 bits per heavy atom. The predicted octanol–water partition coefficient (Wildman–Crippen LogP) is 4.77. The van der Waals surface area contributed by atoms with Gasteiger partial charge < -0.3 is 9.64 Å². The second kappa shape index (κ2) is 9.67. The Balaban J connectivity index is 1.13. The smallest absolute Gasteiger partial charge is 0.108 e. The third kappa shape index (κ3) is 4.58. The van der Waals surface area contributed by atoms with Crippen LogP contribution in [0.2, 0.25) is 0 Å². The van der Waals surface area contributed by atoms with Crippen molar-refractivity contribution in [2.45, 2.75) is 44.8 Å². The quantitative estimate of drug-likeness (QED) is 0.425. The van der Waals surface area contributed by atoms with E-state index in [-0.39, 0.29) is 0 Å². The van der Waals surface area contributed by atoms with Gasteiger partial charge in [0.2, 0.25) is 0 Å². The maximum absolute atomic E-state index is 5.87. The summed E-state index contributed by atoms with van der Waals surface area (Å²) in [7, 11) is 2.21. The number of rotatable bonds is 5. The number of piperazine rings is 1. The second-order valence-electron chi connectivity index (χ2n) is 9.89. The lowest BCUT2D eigenvalue weighted by atomic mass is 10.0. The van der Waals surface area contributed by atoms with Gasteiger partial charge in [-0.05, 0) is 37.1 Å². The van der Waals surface area contributed by atoms with Crippen LogP contribution >= 0.6 is 11.3 Å². The zero-order valence-corrected chi connectivity index (χ0v) is 20.7. The fraction of sp³-hybridized carbons (Fsp3) is 0.464. The number of benzene rings is 1. The summed E-state index contributed by atoms with van der Waals surface area (Å²) in [5, 5.41) is 10.2. The van der Waals surface area contributed by atoms with Gasteiger partial charge in [0.1, 0.15) is 6.61 Å². The molecule has 6 rings (SSSR count). The molecule has 1 N–H and O–H groups in total. The van der Waals surface area contributed by atoms with E-state index < -0.39 is 0 Å². The number of aromatic nitrogens is 2. The molecule has 1 saturated heterocycles. The van der Waals surface area contributed by atoms with Crippen molar-refractivity contribution in [1.29, 1.82) is 0 Å². The molecule has 34 heavy (non-hydrogen) atoms. The summed E-state index contributed by atoms with van der Waals surface area (Å²) < 4.78 is 5.87. The van der Waals surface area contributed by atoms with Gasteiger partial charge in [-0.3, -0.25) is 10.00 Å². The molecule has 0 atom stereocenters. The van der Waals surface area contributed by atoms with Crippen LogP contribution in [-0.4, -0.2) is 65.9 Å². The number of aromatic amines is 1. The molecule has 0 amide bonds. The molecule has 176 valence electrons. The highest BCUT2D eigenvalue weighted by atomic mass is 32.1. The summed E-state index contributed by atoms with van der Waals surface area (Å²) in [6.07, 6.45) is 6.33. The number of nitrogens with one attached hydrogen (secondary N) is 1. The molecule has 6 heteroatoms. The summed E-state index contributed by atoms with van der Waals surface area (Å²) in [4.78, 5) is 6.05. The molecule has 5 nitrogen and oxygen atoms in total. The minimum absolute atomic E-state index is 0.420. The summed E-state index contributed by atoms with van der Waals surface area (Å²) in [6, 6.07) is 9.15.